The molecule has 0 aliphatic carbocycles. The number of aryl methyl sites for hydroxylation is 1. The Morgan fingerprint density at radius 3 is 2.71 bits per heavy atom. The topological polar surface area (TPSA) is 131 Å². The number of hydrogen-bond acceptors (Lipinski definition) is 7. The molecule has 0 spiro atoms. The normalized spacial score (nSPS) is 15.2. The zero-order valence-electron chi connectivity index (χ0n) is 20.8. The number of anilines is 2. The van der Waals surface area contributed by atoms with Gasteiger partial charge in [-0.15, -0.1) is 0 Å². The van der Waals surface area contributed by atoms with Gasteiger partial charge in [-0.1, -0.05) is 23.7 Å². The molecule has 0 bridgehead atoms. The maximum Gasteiger partial charge on any atom is 0.271 e. The van der Waals surface area contributed by atoms with Gasteiger partial charge in [0.25, 0.3) is 21.6 Å². The van der Waals surface area contributed by atoms with E-state index in [-0.39, 0.29) is 33.5 Å². The van der Waals surface area contributed by atoms with E-state index >= 15 is 0 Å². The van der Waals surface area contributed by atoms with Gasteiger partial charge in [0, 0.05) is 48.0 Å². The molecule has 1 fully saturated rings. The molecule has 1 saturated heterocycles. The number of benzene rings is 3. The van der Waals surface area contributed by atoms with Gasteiger partial charge >= 0.3 is 0 Å². The third kappa shape index (κ3) is 6.17. The van der Waals surface area contributed by atoms with Gasteiger partial charge in [-0.25, -0.2) is 8.42 Å². The van der Waals surface area contributed by atoms with E-state index in [9.17, 15) is 23.3 Å². The number of non-ortho nitro benzene ring substituents is 1. The van der Waals surface area contributed by atoms with Gasteiger partial charge in [0.1, 0.15) is 5.75 Å². The molecule has 2 N–H and O–H groups in total. The number of sulfonamides is 1. The molecule has 0 radical (unpaired) electrons. The van der Waals surface area contributed by atoms with Gasteiger partial charge in [0.2, 0.25) is 0 Å². The van der Waals surface area contributed by atoms with Crippen LogP contribution in [0.5, 0.6) is 5.75 Å². The summed E-state index contributed by atoms with van der Waals surface area (Å²) in [6.45, 7) is 4.09. The molecule has 3 aromatic rings. The zero-order valence-corrected chi connectivity index (χ0v) is 22.4. The summed E-state index contributed by atoms with van der Waals surface area (Å²) in [6.07, 6.45) is 0.898. The number of halogens is 1. The Morgan fingerprint density at radius 1 is 1.18 bits per heavy atom. The number of rotatable bonds is 9. The van der Waals surface area contributed by atoms with Gasteiger partial charge in [0.15, 0.2) is 0 Å². The minimum atomic E-state index is -4.17. The standard InChI is InChI=1S/C26H27ClN4O6S/c1-17-6-7-20(27)13-24(17)30-11-10-18(16-30)15-28-26(32)19-4-3-5-22(12-19)38(35,36)29-23-14-21(31(33)34)8-9-25(23)37-2/h3-9,12-14,18,29H,10-11,15-16H2,1-2H3,(H,28,32). The number of nitrogens with zero attached hydrogens (tertiary/aromatic N) is 2. The van der Waals surface area contributed by atoms with Crippen LogP contribution >= 0.6 is 11.6 Å². The number of nitro groups is 1. The summed E-state index contributed by atoms with van der Waals surface area (Å²) in [6, 6.07) is 15.0. The predicted octanol–water partition coefficient (Wildman–Crippen LogP) is 4.62. The SMILES string of the molecule is COc1ccc([N+](=O)[O-])cc1NS(=O)(=O)c1cccc(C(=O)NCC2CCN(c3cc(Cl)ccc3C)C2)c1. The minimum absolute atomic E-state index is 0.0858. The predicted molar refractivity (Wildman–Crippen MR) is 146 cm³/mol. The number of hydrogen-bond donors (Lipinski definition) is 2. The molecule has 1 atom stereocenters. The monoisotopic (exact) mass is 558 g/mol. The van der Waals surface area contributed by atoms with Crippen LogP contribution < -0.4 is 19.7 Å². The number of methoxy groups -OCH3 is 1. The fourth-order valence-corrected chi connectivity index (χ4v) is 5.65. The average Bonchev–Trinajstić information content (AvgIpc) is 3.37. The van der Waals surface area contributed by atoms with Crippen LogP contribution in [0.4, 0.5) is 17.1 Å². The van der Waals surface area contributed by atoms with Crippen molar-refractivity contribution in [3.8, 4) is 5.75 Å². The van der Waals surface area contributed by atoms with Gasteiger partial charge < -0.3 is 15.0 Å². The second-order valence-electron chi connectivity index (χ2n) is 9.02. The molecule has 12 heteroatoms. The number of ether oxygens (including phenoxy) is 1. The summed E-state index contributed by atoms with van der Waals surface area (Å²) in [5, 5.41) is 14.7. The Morgan fingerprint density at radius 2 is 1.97 bits per heavy atom. The summed E-state index contributed by atoms with van der Waals surface area (Å²) < 4.78 is 33.5. The molecule has 0 aromatic heterocycles. The van der Waals surface area contributed by atoms with Crippen molar-refractivity contribution in [3.05, 3.63) is 86.9 Å². The molecule has 1 unspecified atom stereocenters. The lowest BCUT2D eigenvalue weighted by molar-refractivity contribution is -0.384. The molecule has 38 heavy (non-hydrogen) atoms. The fraction of sp³-hybridized carbons (Fsp3) is 0.269. The van der Waals surface area contributed by atoms with E-state index < -0.39 is 20.9 Å². The lowest BCUT2D eigenvalue weighted by Crippen LogP contribution is -2.31. The first kappa shape index (κ1) is 27.2. The highest BCUT2D eigenvalue weighted by Gasteiger charge is 2.25. The molecular weight excluding hydrogens is 532 g/mol. The van der Waals surface area contributed by atoms with Crippen LogP contribution in [0.1, 0.15) is 22.3 Å². The van der Waals surface area contributed by atoms with E-state index in [1.807, 2.05) is 25.1 Å². The number of amides is 1. The molecule has 200 valence electrons. The Hall–Kier alpha value is -3.83. The molecule has 0 saturated carbocycles. The first-order valence-electron chi connectivity index (χ1n) is 11.8. The van der Waals surface area contributed by atoms with Crippen molar-refractivity contribution >= 4 is 44.6 Å². The van der Waals surface area contributed by atoms with Crippen molar-refractivity contribution in [2.45, 2.75) is 18.2 Å². The molecular formula is C26H27ClN4O6S. The molecule has 10 nitrogen and oxygen atoms in total. The van der Waals surface area contributed by atoms with Crippen molar-refractivity contribution in [2.24, 2.45) is 5.92 Å². The maximum absolute atomic E-state index is 13.0. The quantitative estimate of drug-likeness (QED) is 0.289. The van der Waals surface area contributed by atoms with Crippen LogP contribution in [0.2, 0.25) is 5.02 Å². The smallest absolute Gasteiger partial charge is 0.271 e. The summed E-state index contributed by atoms with van der Waals surface area (Å²) in [5.41, 5.74) is 2.01. The Kier molecular flexibility index (Phi) is 8.08. The van der Waals surface area contributed by atoms with Crippen molar-refractivity contribution in [1.29, 1.82) is 0 Å². The van der Waals surface area contributed by atoms with Crippen LogP contribution in [0, 0.1) is 23.0 Å². The van der Waals surface area contributed by atoms with Crippen molar-refractivity contribution in [2.75, 3.05) is 36.4 Å². The lowest BCUT2D eigenvalue weighted by atomic mass is 10.1. The summed E-state index contributed by atoms with van der Waals surface area (Å²) in [7, 11) is -2.85. The highest BCUT2D eigenvalue weighted by molar-refractivity contribution is 7.92. The molecule has 1 aliphatic heterocycles. The number of carbonyl (C=O) groups excluding carboxylic acids is 1. The van der Waals surface area contributed by atoms with Gasteiger partial charge in [-0.2, -0.15) is 0 Å². The Labute approximate surface area is 225 Å². The van der Waals surface area contributed by atoms with Gasteiger partial charge in [0.05, 0.1) is 22.6 Å². The fourth-order valence-electron chi connectivity index (χ4n) is 4.38. The second kappa shape index (κ2) is 11.3. The van der Waals surface area contributed by atoms with E-state index in [1.54, 1.807) is 0 Å². The van der Waals surface area contributed by atoms with E-state index in [4.69, 9.17) is 16.3 Å². The Bertz CT molecular complexity index is 1480. The summed E-state index contributed by atoms with van der Waals surface area (Å²) in [5.74, 6) is -0.0498. The van der Waals surface area contributed by atoms with E-state index in [1.165, 1.54) is 43.5 Å². The van der Waals surface area contributed by atoms with E-state index in [0.717, 1.165) is 36.8 Å². The second-order valence-corrected chi connectivity index (χ2v) is 11.1. The largest absolute Gasteiger partial charge is 0.495 e. The maximum atomic E-state index is 13.0. The molecule has 4 rings (SSSR count). The molecule has 1 aliphatic rings. The van der Waals surface area contributed by atoms with E-state index in [0.29, 0.717) is 11.6 Å². The highest BCUT2D eigenvalue weighted by atomic mass is 35.5. The zero-order chi connectivity index (χ0) is 27.4. The summed E-state index contributed by atoms with van der Waals surface area (Å²) >= 11 is 6.16. The Balaban J connectivity index is 1.42. The van der Waals surface area contributed by atoms with Crippen LogP contribution in [0.3, 0.4) is 0 Å². The van der Waals surface area contributed by atoms with Crippen molar-refractivity contribution < 1.29 is 22.9 Å². The number of nitrogens with one attached hydrogen (secondary N) is 2. The average molecular weight is 559 g/mol. The third-order valence-electron chi connectivity index (χ3n) is 6.39. The highest BCUT2D eigenvalue weighted by Crippen LogP contribution is 2.31. The minimum Gasteiger partial charge on any atom is -0.495 e. The number of nitro benzene ring substituents is 1. The van der Waals surface area contributed by atoms with Crippen LogP contribution in [0.25, 0.3) is 0 Å². The van der Waals surface area contributed by atoms with Gasteiger partial charge in [-0.05, 0) is 61.2 Å². The molecule has 1 amide bonds. The van der Waals surface area contributed by atoms with Crippen molar-refractivity contribution in [3.63, 3.8) is 0 Å². The van der Waals surface area contributed by atoms with Crippen LogP contribution in [-0.4, -0.2) is 46.0 Å². The molecule has 1 heterocycles. The van der Waals surface area contributed by atoms with Crippen LogP contribution in [0.15, 0.2) is 65.6 Å². The third-order valence-corrected chi connectivity index (χ3v) is 7.99. The van der Waals surface area contributed by atoms with Crippen LogP contribution in [-0.2, 0) is 10.0 Å². The number of carbonyl (C=O) groups is 1. The molecule has 3 aromatic carbocycles. The van der Waals surface area contributed by atoms with Crippen molar-refractivity contribution in [1.82, 2.24) is 5.32 Å². The summed E-state index contributed by atoms with van der Waals surface area (Å²) in [4.78, 5) is 25.4. The van der Waals surface area contributed by atoms with E-state index in [2.05, 4.69) is 14.9 Å². The lowest BCUT2D eigenvalue weighted by Gasteiger charge is -2.21. The first-order valence-corrected chi connectivity index (χ1v) is 13.7. The first-order chi connectivity index (χ1) is 18.1. The van der Waals surface area contributed by atoms with Gasteiger partial charge in [-0.3, -0.25) is 19.6 Å².